The molecule has 2 aliphatic rings. The maximum Gasteiger partial charge on any atom is 0.253 e. The zero-order valence-electron chi connectivity index (χ0n) is 28.2. The van der Waals surface area contributed by atoms with Crippen molar-refractivity contribution in [3.05, 3.63) is 161 Å². The van der Waals surface area contributed by atoms with Crippen LogP contribution in [0.2, 0.25) is 0 Å². The van der Waals surface area contributed by atoms with E-state index in [0.29, 0.717) is 12.1 Å². The number of rotatable bonds is 11. The molecule has 3 heterocycles. The van der Waals surface area contributed by atoms with E-state index < -0.39 is 6.29 Å². The molecule has 7 rings (SSSR count). The van der Waals surface area contributed by atoms with Crippen LogP contribution < -0.4 is 5.32 Å². The lowest BCUT2D eigenvalue weighted by molar-refractivity contribution is -0.253. The number of aromatic nitrogens is 1. The molecule has 1 aromatic heterocycles. The van der Waals surface area contributed by atoms with Crippen molar-refractivity contribution < 1.29 is 19.4 Å². The van der Waals surface area contributed by atoms with E-state index in [0.717, 1.165) is 79.1 Å². The first-order valence-corrected chi connectivity index (χ1v) is 17.5. The van der Waals surface area contributed by atoms with Crippen LogP contribution in [0.1, 0.15) is 57.0 Å². The lowest BCUT2D eigenvalue weighted by Gasteiger charge is -2.40. The van der Waals surface area contributed by atoms with E-state index in [2.05, 4.69) is 99.0 Å². The second-order valence-electron chi connectivity index (χ2n) is 13.2. The van der Waals surface area contributed by atoms with Gasteiger partial charge in [0, 0.05) is 70.2 Å². The molecule has 8 nitrogen and oxygen atoms in total. The summed E-state index contributed by atoms with van der Waals surface area (Å²) in [6.45, 7) is 6.37. The van der Waals surface area contributed by atoms with Crippen LogP contribution >= 0.6 is 0 Å². The van der Waals surface area contributed by atoms with Crippen molar-refractivity contribution in [1.29, 1.82) is 0 Å². The van der Waals surface area contributed by atoms with E-state index in [-0.39, 0.29) is 24.7 Å². The van der Waals surface area contributed by atoms with Gasteiger partial charge in [-0.2, -0.15) is 0 Å². The van der Waals surface area contributed by atoms with Gasteiger partial charge >= 0.3 is 0 Å². The number of ether oxygens (including phenoxy) is 2. The summed E-state index contributed by atoms with van der Waals surface area (Å²) in [4.78, 5) is 21.6. The highest BCUT2D eigenvalue weighted by molar-refractivity contribution is 5.93. The Labute approximate surface area is 294 Å². The maximum absolute atomic E-state index is 12.5. The molecular weight excluding hydrogens is 624 g/mol. The third kappa shape index (κ3) is 8.71. The molecule has 2 aliphatic heterocycles. The highest BCUT2D eigenvalue weighted by Gasteiger charge is 2.33. The van der Waals surface area contributed by atoms with E-state index in [9.17, 15) is 9.90 Å². The number of piperazine rings is 1. The van der Waals surface area contributed by atoms with Gasteiger partial charge in [0.05, 0.1) is 24.4 Å². The molecule has 0 radical (unpaired) electrons. The van der Waals surface area contributed by atoms with Crippen molar-refractivity contribution in [1.82, 2.24) is 20.1 Å². The first kappa shape index (κ1) is 33.8. The molecule has 0 unspecified atom stereocenters. The van der Waals surface area contributed by atoms with Crippen molar-refractivity contribution >= 4 is 5.91 Å². The average Bonchev–Trinajstić information content (AvgIpc) is 3.18. The van der Waals surface area contributed by atoms with Crippen LogP contribution in [0.25, 0.3) is 11.1 Å². The van der Waals surface area contributed by atoms with Crippen molar-refractivity contribution in [3.8, 4) is 11.1 Å². The number of aliphatic hydroxyl groups excluding tert-OH is 1. The minimum absolute atomic E-state index is 0.00942. The molecule has 0 spiro atoms. The van der Waals surface area contributed by atoms with Crippen LogP contribution in [-0.2, 0) is 29.2 Å². The zero-order valence-corrected chi connectivity index (χ0v) is 28.2. The normalized spacial score (nSPS) is 20.0. The minimum atomic E-state index is -0.501. The molecule has 0 saturated carbocycles. The third-order valence-corrected chi connectivity index (χ3v) is 9.61. The molecular formula is C42H44N4O4. The van der Waals surface area contributed by atoms with E-state index in [1.54, 1.807) is 24.5 Å². The summed E-state index contributed by atoms with van der Waals surface area (Å²) in [6, 6.07) is 38.9. The van der Waals surface area contributed by atoms with E-state index in [4.69, 9.17) is 9.47 Å². The van der Waals surface area contributed by atoms with Gasteiger partial charge in [-0.15, -0.1) is 0 Å². The molecule has 256 valence electrons. The number of hydrogen-bond donors (Lipinski definition) is 2. The summed E-state index contributed by atoms with van der Waals surface area (Å²) >= 11 is 0. The number of amides is 1. The standard InChI is InChI=1S/C42H44N4O4/c47-30-32-11-13-35(14-12-32)40-25-39(29-46-22-20-45(21-23-46)28-31-6-2-1-3-7-31)49-42(50-40)36-17-15-34(16-18-36)37-9-4-8-33(24-37)26-44-41(48)38-10-5-19-43-27-38/h1-19,24,27,39-40,42,47H,20-23,25-26,28-30H2,(H,44,48)/t39-,40+,42+/m0/s1. The number of carbonyl (C=O) groups excluding carboxylic acids is 1. The van der Waals surface area contributed by atoms with Crippen molar-refractivity contribution in [2.45, 2.75) is 44.6 Å². The highest BCUT2D eigenvalue weighted by atomic mass is 16.7. The van der Waals surface area contributed by atoms with Crippen LogP contribution in [-0.4, -0.2) is 64.6 Å². The fourth-order valence-corrected chi connectivity index (χ4v) is 6.77. The van der Waals surface area contributed by atoms with Crippen LogP contribution in [0, 0.1) is 0 Å². The third-order valence-electron chi connectivity index (χ3n) is 9.61. The van der Waals surface area contributed by atoms with E-state index >= 15 is 0 Å². The monoisotopic (exact) mass is 668 g/mol. The van der Waals surface area contributed by atoms with E-state index in [1.165, 1.54) is 5.56 Å². The van der Waals surface area contributed by atoms with Crippen LogP contribution in [0.3, 0.4) is 0 Å². The number of nitrogens with zero attached hydrogens (tertiary/aromatic N) is 3. The van der Waals surface area contributed by atoms with Gasteiger partial charge < -0.3 is 19.9 Å². The largest absolute Gasteiger partial charge is 0.392 e. The summed E-state index contributed by atoms with van der Waals surface area (Å²) in [5.41, 5.74) is 8.02. The van der Waals surface area contributed by atoms with Gasteiger partial charge in [0.1, 0.15) is 0 Å². The number of nitrogens with one attached hydrogen (secondary N) is 1. The quantitative estimate of drug-likeness (QED) is 0.166. The van der Waals surface area contributed by atoms with Gasteiger partial charge in [-0.3, -0.25) is 19.6 Å². The van der Waals surface area contributed by atoms with Crippen molar-refractivity contribution in [2.24, 2.45) is 0 Å². The molecule has 0 bridgehead atoms. The van der Waals surface area contributed by atoms with Gasteiger partial charge in [0.2, 0.25) is 0 Å². The van der Waals surface area contributed by atoms with Crippen molar-refractivity contribution in [3.63, 3.8) is 0 Å². The summed E-state index contributed by atoms with van der Waals surface area (Å²) in [7, 11) is 0. The molecule has 2 fully saturated rings. The van der Waals surface area contributed by atoms with Gasteiger partial charge in [0.25, 0.3) is 5.91 Å². The Balaban J connectivity index is 1.01. The molecule has 2 N–H and O–H groups in total. The summed E-state index contributed by atoms with van der Waals surface area (Å²) < 4.78 is 13.3. The predicted molar refractivity (Wildman–Crippen MR) is 194 cm³/mol. The first-order valence-electron chi connectivity index (χ1n) is 17.5. The summed E-state index contributed by atoms with van der Waals surface area (Å²) in [5, 5.41) is 12.6. The average molecular weight is 669 g/mol. The van der Waals surface area contributed by atoms with Crippen LogP contribution in [0.15, 0.2) is 128 Å². The summed E-state index contributed by atoms with van der Waals surface area (Å²) in [6.07, 6.45) is 3.38. The molecule has 3 atom stereocenters. The number of aliphatic hydroxyl groups is 1. The van der Waals surface area contributed by atoms with Gasteiger partial charge in [-0.05, 0) is 51.6 Å². The van der Waals surface area contributed by atoms with Gasteiger partial charge in [-0.25, -0.2) is 0 Å². The second-order valence-corrected chi connectivity index (χ2v) is 13.2. The van der Waals surface area contributed by atoms with Gasteiger partial charge in [-0.1, -0.05) is 97.1 Å². The Morgan fingerprint density at radius 2 is 1.48 bits per heavy atom. The van der Waals surface area contributed by atoms with Gasteiger partial charge in [0.15, 0.2) is 6.29 Å². The molecule has 4 aromatic carbocycles. The zero-order chi connectivity index (χ0) is 34.1. The molecule has 2 saturated heterocycles. The molecule has 50 heavy (non-hydrogen) atoms. The number of carbonyl (C=O) groups is 1. The Morgan fingerprint density at radius 3 is 2.22 bits per heavy atom. The van der Waals surface area contributed by atoms with E-state index in [1.807, 2.05) is 24.3 Å². The topological polar surface area (TPSA) is 87.2 Å². The highest BCUT2D eigenvalue weighted by Crippen LogP contribution is 2.39. The molecule has 8 heteroatoms. The second kappa shape index (κ2) is 16.3. The van der Waals surface area contributed by atoms with Crippen molar-refractivity contribution in [2.75, 3.05) is 32.7 Å². The fraction of sp³-hybridized carbons (Fsp3) is 0.286. The van der Waals surface area contributed by atoms with Crippen LogP contribution in [0.5, 0.6) is 0 Å². The molecule has 5 aromatic rings. The Kier molecular flexibility index (Phi) is 11.0. The number of pyridine rings is 1. The lowest BCUT2D eigenvalue weighted by atomic mass is 9.98. The Morgan fingerprint density at radius 1 is 0.740 bits per heavy atom. The Hall–Kier alpha value is -4.70. The minimum Gasteiger partial charge on any atom is -0.392 e. The Bertz CT molecular complexity index is 1810. The number of hydrogen-bond acceptors (Lipinski definition) is 7. The summed E-state index contributed by atoms with van der Waals surface area (Å²) in [5.74, 6) is -0.147. The number of benzene rings is 4. The fourth-order valence-electron chi connectivity index (χ4n) is 6.77. The maximum atomic E-state index is 12.5. The van der Waals surface area contributed by atoms with Crippen LogP contribution in [0.4, 0.5) is 0 Å². The first-order chi connectivity index (χ1) is 24.6. The molecule has 0 aliphatic carbocycles. The lowest BCUT2D eigenvalue weighted by Crippen LogP contribution is -2.49. The smallest absolute Gasteiger partial charge is 0.253 e. The molecule has 1 amide bonds. The SMILES string of the molecule is O=C(NCc1cccc(-c2ccc([C@@H]3O[C@H](CN4CCN(Cc5ccccc5)CC4)C[C@H](c4ccc(CO)cc4)O3)cc2)c1)c1cccnc1. The predicted octanol–water partition coefficient (Wildman–Crippen LogP) is 6.53.